The van der Waals surface area contributed by atoms with Crippen molar-refractivity contribution in [3.63, 3.8) is 0 Å². The molecular weight excluding hydrogens is 1010 g/mol. The molecule has 0 rings (SSSR count). The van der Waals surface area contributed by atoms with Crippen molar-refractivity contribution >= 4 is 37.5 Å². The third kappa shape index (κ3) is 55.8. The summed E-state index contributed by atoms with van der Waals surface area (Å²) in [5, 5.41) is 0. The van der Waals surface area contributed by atoms with Gasteiger partial charge >= 0.3 is 329 Å². The van der Waals surface area contributed by atoms with Crippen molar-refractivity contribution in [3.8, 4) is 0 Å². The Kier molecular flexibility index (Phi) is 59.8. The predicted octanol–water partition coefficient (Wildman–Crippen LogP) is 23.3. The van der Waals surface area contributed by atoms with E-state index in [1.54, 1.807) is 0 Å². The summed E-state index contributed by atoms with van der Waals surface area (Å²) in [4.78, 5) is 41.1. The zero-order valence-corrected chi connectivity index (χ0v) is 53.0. The molecule has 434 valence electrons. The van der Waals surface area contributed by atoms with Crippen molar-refractivity contribution in [3.05, 3.63) is 0 Å². The molecule has 0 amide bonds. The summed E-state index contributed by atoms with van der Waals surface area (Å²) >= 11 is -4.96. The summed E-state index contributed by atoms with van der Waals surface area (Å²) in [5.74, 6) is -1.01. The van der Waals surface area contributed by atoms with E-state index in [1.165, 1.54) is 276 Å². The molecule has 0 saturated heterocycles. The average molecular weight is 1140 g/mol. The van der Waals surface area contributed by atoms with E-state index >= 15 is 0 Å². The van der Waals surface area contributed by atoms with Crippen LogP contribution in [0.3, 0.4) is 0 Å². The number of carbonyl (C=O) groups is 3. The third-order valence-electron chi connectivity index (χ3n) is 15.6. The van der Waals surface area contributed by atoms with Crippen LogP contribution in [-0.4, -0.2) is 37.5 Å². The van der Waals surface area contributed by atoms with Gasteiger partial charge in [-0.1, -0.05) is 136 Å². The van der Waals surface area contributed by atoms with Gasteiger partial charge in [-0.15, -0.1) is 0 Å². The van der Waals surface area contributed by atoms with Crippen molar-refractivity contribution in [2.75, 3.05) is 0 Å². The van der Waals surface area contributed by atoms with Gasteiger partial charge in [-0.3, -0.25) is 0 Å². The van der Waals surface area contributed by atoms with Gasteiger partial charge in [0.1, 0.15) is 0 Å². The fourth-order valence-corrected chi connectivity index (χ4v) is 17.7. The van der Waals surface area contributed by atoms with Gasteiger partial charge in [0.05, 0.1) is 0 Å². The Balaban J connectivity index is 5.23. The molecule has 73 heavy (non-hydrogen) atoms. The number of unbranched alkanes of at least 4 members (excludes halogenated alkanes) is 51. The molecule has 0 aromatic rings. The first-order chi connectivity index (χ1) is 35.9. The monoisotopic (exact) mass is 1140 g/mol. The second kappa shape index (κ2) is 60.4. The molecule has 0 aromatic heterocycles. The summed E-state index contributed by atoms with van der Waals surface area (Å²) in [7, 11) is 0. The first-order valence-corrected chi connectivity index (χ1v) is 39.1. The summed E-state index contributed by atoms with van der Waals surface area (Å²) in [6.45, 7) is 9.11. The van der Waals surface area contributed by atoms with Crippen molar-refractivity contribution in [2.45, 2.75) is 405 Å². The van der Waals surface area contributed by atoms with E-state index < -0.39 is 19.6 Å². The molecule has 0 aliphatic heterocycles. The third-order valence-corrected chi connectivity index (χ3v) is 23.0. The number of rotatable bonds is 62. The molecule has 0 unspecified atom stereocenters. The Morgan fingerprint density at radius 1 is 0.205 bits per heavy atom. The second-order valence-corrected chi connectivity index (χ2v) is 30.2. The predicted molar refractivity (Wildman–Crippen MR) is 319 cm³/mol. The Morgan fingerprint density at radius 3 is 0.507 bits per heavy atom. The molecule has 0 atom stereocenters. The molecule has 0 N–H and O–H groups in total. The fourth-order valence-electron chi connectivity index (χ4n) is 10.6. The smallest absolute Gasteiger partial charge is 0.0654 e. The first-order valence-electron chi connectivity index (χ1n) is 33.6. The van der Waals surface area contributed by atoms with E-state index in [1.807, 2.05) is 0 Å². The standard InChI is InChI=1S/3C18H36O2.C12H25.Sn/c3*1-2-3-4-5-6-7-8-9-10-11-12-13-14-15-16-17-18(19)20;1-3-5-7-9-11-12-10-8-6-4-2;/h3*2-17H2,1H3,(H,19,20);1,3-12H2,2H3;/q;;;;+3/p-3. The van der Waals surface area contributed by atoms with Crippen LogP contribution in [0.4, 0.5) is 0 Å². The van der Waals surface area contributed by atoms with E-state index in [0.29, 0.717) is 23.7 Å². The van der Waals surface area contributed by atoms with E-state index in [4.69, 9.17) is 9.22 Å². The van der Waals surface area contributed by atoms with Gasteiger partial charge in [0.15, 0.2) is 0 Å². The van der Waals surface area contributed by atoms with Crippen molar-refractivity contribution < 1.29 is 23.6 Å². The molecule has 0 aliphatic rings. The maximum atomic E-state index is 13.7. The first kappa shape index (κ1) is 72.2. The van der Waals surface area contributed by atoms with Gasteiger partial charge in [-0.05, 0) is 0 Å². The van der Waals surface area contributed by atoms with Gasteiger partial charge in [0.25, 0.3) is 0 Å². The van der Waals surface area contributed by atoms with Crippen molar-refractivity contribution in [1.82, 2.24) is 0 Å². The van der Waals surface area contributed by atoms with Crippen LogP contribution < -0.4 is 0 Å². The quantitative estimate of drug-likeness (QED) is 0.0446. The molecule has 0 bridgehead atoms. The molecule has 6 nitrogen and oxygen atoms in total. The van der Waals surface area contributed by atoms with Gasteiger partial charge in [0, 0.05) is 0 Å². The van der Waals surface area contributed by atoms with Crippen LogP contribution in [0.25, 0.3) is 0 Å². The molecule has 0 aliphatic carbocycles. The van der Waals surface area contributed by atoms with E-state index in [9.17, 15) is 14.4 Å². The van der Waals surface area contributed by atoms with Crippen LogP contribution in [0.15, 0.2) is 0 Å². The van der Waals surface area contributed by atoms with Crippen LogP contribution in [0.1, 0.15) is 400 Å². The van der Waals surface area contributed by atoms with E-state index in [2.05, 4.69) is 27.7 Å². The minimum absolute atomic E-state index is 0.294. The van der Waals surface area contributed by atoms with Gasteiger partial charge in [-0.2, -0.15) is 0 Å². The molecule has 0 aromatic carbocycles. The average Bonchev–Trinajstić information content (AvgIpc) is 3.38. The maximum absolute atomic E-state index is 13.7. The zero-order valence-electron chi connectivity index (χ0n) is 50.2. The summed E-state index contributed by atoms with van der Waals surface area (Å²) in [6.07, 6.45) is 69.8. The van der Waals surface area contributed by atoms with Gasteiger partial charge in [0.2, 0.25) is 0 Å². The van der Waals surface area contributed by atoms with Crippen LogP contribution in [0, 0.1) is 0 Å². The molecule has 0 heterocycles. The SMILES string of the molecule is CCCCCCCCCCCCCCCCCC(=O)[O][Sn]([CH2]CCCCCCCCCCC)([O]C(=O)CCCCCCCCCCCCCCCCC)[O]C(=O)CCCCCCCCCCCCCCCCC. The number of hydrogen-bond donors (Lipinski definition) is 0. The summed E-state index contributed by atoms with van der Waals surface area (Å²) < 4.78 is 19.4. The minimum atomic E-state index is -4.96. The second-order valence-electron chi connectivity index (χ2n) is 23.1. The van der Waals surface area contributed by atoms with Gasteiger partial charge in [-0.25, -0.2) is 0 Å². The van der Waals surface area contributed by atoms with Crippen LogP contribution in [-0.2, 0) is 23.6 Å². The van der Waals surface area contributed by atoms with E-state index in [0.717, 1.165) is 77.0 Å². The van der Waals surface area contributed by atoms with Crippen LogP contribution >= 0.6 is 0 Å². The van der Waals surface area contributed by atoms with Crippen LogP contribution in [0.5, 0.6) is 0 Å². The molecule has 7 heteroatoms. The fraction of sp³-hybridized carbons (Fsp3) is 0.955. The summed E-state index contributed by atoms with van der Waals surface area (Å²) in [6, 6.07) is 0. The molecule has 0 fully saturated rings. The summed E-state index contributed by atoms with van der Waals surface area (Å²) in [5.41, 5.74) is 0. The molecule has 0 saturated carbocycles. The Bertz CT molecular complexity index is 1010. The number of carbonyl (C=O) groups excluding carboxylic acids is 3. The van der Waals surface area contributed by atoms with Crippen molar-refractivity contribution in [2.24, 2.45) is 0 Å². The topological polar surface area (TPSA) is 78.9 Å². The minimum Gasteiger partial charge on any atom is -0.0654 e. The van der Waals surface area contributed by atoms with Crippen molar-refractivity contribution in [1.29, 1.82) is 0 Å². The Hall–Kier alpha value is -0.791. The van der Waals surface area contributed by atoms with Gasteiger partial charge < -0.3 is 0 Å². The molecule has 0 radical (unpaired) electrons. The normalized spacial score (nSPS) is 11.7. The Morgan fingerprint density at radius 2 is 0.342 bits per heavy atom. The Labute approximate surface area is 463 Å². The number of hydrogen-bond acceptors (Lipinski definition) is 6. The van der Waals surface area contributed by atoms with Crippen LogP contribution in [0.2, 0.25) is 4.44 Å². The van der Waals surface area contributed by atoms with E-state index in [-0.39, 0.29) is 17.9 Å². The molecular formula is C66H130O6Sn. The zero-order chi connectivity index (χ0) is 53.1. The molecule has 0 spiro atoms.